The number of aromatic nitrogens is 2. The normalized spacial score (nSPS) is 12.5. The fraction of sp³-hybridized carbons (Fsp3) is 0. The second kappa shape index (κ2) is 9.06. The van der Waals surface area contributed by atoms with Crippen LogP contribution >= 0.6 is 0 Å². The summed E-state index contributed by atoms with van der Waals surface area (Å²) in [5.74, 6) is 0. The summed E-state index contributed by atoms with van der Waals surface area (Å²) in [4.78, 5) is 2.40. The Morgan fingerprint density at radius 2 is 0.898 bits per heavy atom. The summed E-state index contributed by atoms with van der Waals surface area (Å²) in [6.45, 7) is 0. The highest BCUT2D eigenvalue weighted by Gasteiger charge is 2.26. The number of hydrogen-bond acceptors (Lipinski definition) is 1. The topological polar surface area (TPSA) is 12.1 Å². The summed E-state index contributed by atoms with van der Waals surface area (Å²) in [5, 5.41) is 13.1. The third kappa shape index (κ3) is 3.09. The molecule has 226 valence electrons. The van der Waals surface area contributed by atoms with E-state index in [1.165, 1.54) is 87.0 Å². The van der Waals surface area contributed by atoms with Crippen LogP contribution in [0.3, 0.4) is 0 Å². The van der Waals surface area contributed by atoms with Crippen molar-refractivity contribution in [3.8, 4) is 0 Å². The minimum absolute atomic E-state index is 1.14. The molecule has 3 heteroatoms. The van der Waals surface area contributed by atoms with E-state index < -0.39 is 0 Å². The average Bonchev–Trinajstić information content (AvgIpc) is 3.89. The first-order chi connectivity index (χ1) is 24.4. The third-order valence-electron chi connectivity index (χ3n) is 10.9. The van der Waals surface area contributed by atoms with Crippen LogP contribution in [0.15, 0.2) is 164 Å². The van der Waals surface area contributed by atoms with Crippen molar-refractivity contribution in [1.82, 2.24) is 8.80 Å². The van der Waals surface area contributed by atoms with Crippen LogP contribution in [-0.4, -0.2) is 8.80 Å². The summed E-state index contributed by atoms with van der Waals surface area (Å²) in [6, 6.07) is 60.1. The molecular weight excluding hydrogens is 595 g/mol. The Morgan fingerprint density at radius 1 is 0.327 bits per heavy atom. The maximum Gasteiger partial charge on any atom is 0.0782 e. The van der Waals surface area contributed by atoms with Gasteiger partial charge in [0.05, 0.1) is 38.8 Å². The molecule has 0 radical (unpaired) electrons. The number of benzene rings is 8. The molecule has 0 atom stereocenters. The zero-order valence-electron chi connectivity index (χ0n) is 26.4. The highest BCUT2D eigenvalue weighted by atomic mass is 15.2. The molecule has 3 nitrogen and oxygen atoms in total. The highest BCUT2D eigenvalue weighted by molar-refractivity contribution is 6.38. The van der Waals surface area contributed by atoms with Gasteiger partial charge in [0.1, 0.15) is 0 Å². The van der Waals surface area contributed by atoms with Gasteiger partial charge < -0.3 is 13.7 Å². The zero-order chi connectivity index (χ0) is 31.8. The van der Waals surface area contributed by atoms with Crippen LogP contribution in [0.25, 0.3) is 87.0 Å². The lowest BCUT2D eigenvalue weighted by molar-refractivity contribution is 1.27. The van der Waals surface area contributed by atoms with E-state index in [-0.39, 0.29) is 0 Å². The molecule has 0 aliphatic heterocycles. The number of fused-ring (bicyclic) bond motifs is 15. The second-order valence-electron chi connectivity index (χ2n) is 13.3. The van der Waals surface area contributed by atoms with Gasteiger partial charge >= 0.3 is 0 Å². The van der Waals surface area contributed by atoms with Crippen molar-refractivity contribution in [2.45, 2.75) is 0 Å². The maximum absolute atomic E-state index is 2.55. The molecule has 12 aromatic rings. The molecule has 4 heterocycles. The Kier molecular flexibility index (Phi) is 4.72. The first kappa shape index (κ1) is 25.5. The molecule has 49 heavy (non-hydrogen) atoms. The van der Waals surface area contributed by atoms with Gasteiger partial charge in [-0.3, -0.25) is 0 Å². The SMILES string of the molecule is c1ccc(N(c2ccccc2)c2cccc3c4cccc5c6c7c8cc9ccccc9c9c%10ccccc%10n(c7ccc6n(c23)c45)c89)cc1. The van der Waals surface area contributed by atoms with E-state index in [1.54, 1.807) is 0 Å². The predicted octanol–water partition coefficient (Wildman–Crippen LogP) is 12.6. The highest BCUT2D eigenvalue weighted by Crippen LogP contribution is 2.50. The molecule has 0 saturated heterocycles. The van der Waals surface area contributed by atoms with Crippen molar-refractivity contribution in [3.05, 3.63) is 164 Å². The van der Waals surface area contributed by atoms with Crippen LogP contribution in [0, 0.1) is 0 Å². The standard InChI is InChI=1S/C46H27N3/c1-3-14-29(15-4-1)47(30-16-5-2-6-17-30)40-24-12-21-33-32-20-11-22-35-42-39(49(44(32)35)45(33)40)26-25-38-43(42)36-27-28-13-7-8-18-31(28)41-34-19-9-10-23-37(34)48(38)46(36)41/h1-27H. The molecule has 12 rings (SSSR count). The van der Waals surface area contributed by atoms with E-state index in [9.17, 15) is 0 Å². The largest absolute Gasteiger partial charge is 0.308 e. The van der Waals surface area contributed by atoms with Crippen molar-refractivity contribution in [3.63, 3.8) is 0 Å². The second-order valence-corrected chi connectivity index (χ2v) is 13.3. The van der Waals surface area contributed by atoms with E-state index in [4.69, 9.17) is 0 Å². The number of hydrogen-bond donors (Lipinski definition) is 0. The van der Waals surface area contributed by atoms with Gasteiger partial charge in [-0.1, -0.05) is 109 Å². The van der Waals surface area contributed by atoms with E-state index >= 15 is 0 Å². The number of anilines is 3. The number of para-hydroxylation sites is 5. The lowest BCUT2D eigenvalue weighted by atomic mass is 9.98. The Hall–Kier alpha value is -6.58. The van der Waals surface area contributed by atoms with Gasteiger partial charge in [-0.15, -0.1) is 0 Å². The minimum Gasteiger partial charge on any atom is -0.308 e. The van der Waals surface area contributed by atoms with E-state index in [0.717, 1.165) is 17.1 Å². The Labute approximate surface area is 280 Å². The number of nitrogens with zero attached hydrogens (tertiary/aromatic N) is 3. The van der Waals surface area contributed by atoms with Gasteiger partial charge in [0.15, 0.2) is 0 Å². The van der Waals surface area contributed by atoms with Crippen molar-refractivity contribution < 1.29 is 0 Å². The average molecular weight is 622 g/mol. The quantitative estimate of drug-likeness (QED) is 0.191. The zero-order valence-corrected chi connectivity index (χ0v) is 26.4. The summed E-state index contributed by atoms with van der Waals surface area (Å²) in [7, 11) is 0. The van der Waals surface area contributed by atoms with Gasteiger partial charge in [-0.05, 0) is 65.4 Å². The summed E-state index contributed by atoms with van der Waals surface area (Å²) in [6.07, 6.45) is 0. The maximum atomic E-state index is 2.55. The number of rotatable bonds is 3. The lowest BCUT2D eigenvalue weighted by Crippen LogP contribution is -2.10. The molecule has 0 bridgehead atoms. The predicted molar refractivity (Wildman–Crippen MR) is 208 cm³/mol. The molecule has 0 spiro atoms. The van der Waals surface area contributed by atoms with Crippen molar-refractivity contribution in [1.29, 1.82) is 0 Å². The molecule has 0 unspecified atom stereocenters. The van der Waals surface area contributed by atoms with Gasteiger partial charge in [-0.2, -0.15) is 0 Å². The van der Waals surface area contributed by atoms with Crippen molar-refractivity contribution >= 4 is 104 Å². The Bertz CT molecular complexity index is 3220. The molecular formula is C46H27N3. The molecule has 0 saturated carbocycles. The first-order valence-electron chi connectivity index (χ1n) is 17.0. The lowest BCUT2D eigenvalue weighted by Gasteiger charge is -2.26. The van der Waals surface area contributed by atoms with Gasteiger partial charge in [0, 0.05) is 54.5 Å². The van der Waals surface area contributed by atoms with Crippen molar-refractivity contribution in [2.24, 2.45) is 0 Å². The van der Waals surface area contributed by atoms with Crippen LogP contribution in [-0.2, 0) is 0 Å². The van der Waals surface area contributed by atoms with E-state index in [0.29, 0.717) is 0 Å². The van der Waals surface area contributed by atoms with Crippen LogP contribution in [0.1, 0.15) is 0 Å². The fourth-order valence-electron chi connectivity index (χ4n) is 9.08. The summed E-state index contributed by atoms with van der Waals surface area (Å²) >= 11 is 0. The Balaban J connectivity index is 1.30. The molecule has 0 aliphatic rings. The smallest absolute Gasteiger partial charge is 0.0782 e. The molecule has 0 aliphatic carbocycles. The van der Waals surface area contributed by atoms with Crippen LogP contribution < -0.4 is 4.90 Å². The first-order valence-corrected chi connectivity index (χ1v) is 17.0. The van der Waals surface area contributed by atoms with Gasteiger partial charge in [0.2, 0.25) is 0 Å². The van der Waals surface area contributed by atoms with E-state index in [2.05, 4.69) is 177 Å². The minimum atomic E-state index is 1.14. The van der Waals surface area contributed by atoms with Crippen LogP contribution in [0.2, 0.25) is 0 Å². The van der Waals surface area contributed by atoms with Crippen LogP contribution in [0.4, 0.5) is 17.1 Å². The summed E-state index contributed by atoms with van der Waals surface area (Å²) in [5.41, 5.74) is 11.0. The Morgan fingerprint density at radius 3 is 1.67 bits per heavy atom. The molecule has 4 aromatic heterocycles. The molecule has 8 aromatic carbocycles. The molecule has 0 N–H and O–H groups in total. The van der Waals surface area contributed by atoms with E-state index in [1.807, 2.05) is 0 Å². The van der Waals surface area contributed by atoms with Gasteiger partial charge in [0.25, 0.3) is 0 Å². The summed E-state index contributed by atoms with van der Waals surface area (Å²) < 4.78 is 5.07. The van der Waals surface area contributed by atoms with Gasteiger partial charge in [-0.25, -0.2) is 0 Å². The van der Waals surface area contributed by atoms with Crippen molar-refractivity contribution in [2.75, 3.05) is 4.90 Å². The monoisotopic (exact) mass is 621 g/mol. The third-order valence-corrected chi connectivity index (χ3v) is 10.9. The fourth-order valence-corrected chi connectivity index (χ4v) is 9.08. The van der Waals surface area contributed by atoms with Crippen LogP contribution in [0.5, 0.6) is 0 Å². The molecule has 0 amide bonds. The molecule has 0 fully saturated rings.